The fourth-order valence-corrected chi connectivity index (χ4v) is 1.94. The number of hydrogen-bond donors (Lipinski definition) is 3. The number of amidine groups is 1. The molecule has 1 aliphatic heterocycles. The van der Waals surface area contributed by atoms with Gasteiger partial charge in [0.05, 0.1) is 6.61 Å². The van der Waals surface area contributed by atoms with Gasteiger partial charge in [0.25, 0.3) is 0 Å². The van der Waals surface area contributed by atoms with Gasteiger partial charge in [-0.05, 0) is 10.3 Å². The highest BCUT2D eigenvalue weighted by molar-refractivity contribution is 6.00. The molecular formula is C9H16N6O3. The molecule has 1 fully saturated rings. The van der Waals surface area contributed by atoms with Gasteiger partial charge >= 0.3 is 0 Å². The lowest BCUT2D eigenvalue weighted by Crippen LogP contribution is -2.49. The maximum Gasteiger partial charge on any atom is 0.201 e. The van der Waals surface area contributed by atoms with Crippen molar-refractivity contribution in [3.05, 3.63) is 5.69 Å². The second kappa shape index (κ2) is 5.65. The Balaban J connectivity index is 2.02. The lowest BCUT2D eigenvalue weighted by Gasteiger charge is -2.35. The smallest absolute Gasteiger partial charge is 0.201 e. The number of aromatic nitrogens is 2. The number of rotatable bonds is 3. The number of nitrogen functional groups attached to an aromatic ring is 1. The highest BCUT2D eigenvalue weighted by Gasteiger charge is 2.25. The number of β-amino-alcohol motifs (C(OH)–C–C–N with tert-alkyl or cyclic N) is 1. The van der Waals surface area contributed by atoms with Gasteiger partial charge in [-0.3, -0.25) is 4.90 Å². The molecule has 9 nitrogen and oxygen atoms in total. The van der Waals surface area contributed by atoms with E-state index in [1.807, 2.05) is 4.90 Å². The van der Waals surface area contributed by atoms with E-state index in [4.69, 9.17) is 16.0 Å². The van der Waals surface area contributed by atoms with Gasteiger partial charge in [0, 0.05) is 32.7 Å². The molecule has 0 bridgehead atoms. The number of anilines is 1. The summed E-state index contributed by atoms with van der Waals surface area (Å²) in [6, 6.07) is 0. The zero-order valence-corrected chi connectivity index (χ0v) is 9.86. The molecular weight excluding hydrogens is 240 g/mol. The molecule has 18 heavy (non-hydrogen) atoms. The summed E-state index contributed by atoms with van der Waals surface area (Å²) >= 11 is 0. The van der Waals surface area contributed by atoms with Crippen LogP contribution in [0.1, 0.15) is 5.69 Å². The van der Waals surface area contributed by atoms with Crippen molar-refractivity contribution in [2.24, 2.45) is 5.16 Å². The molecule has 1 aromatic rings. The molecule has 4 N–H and O–H groups in total. The van der Waals surface area contributed by atoms with Crippen LogP contribution in [0.5, 0.6) is 0 Å². The van der Waals surface area contributed by atoms with Gasteiger partial charge in [-0.2, -0.15) is 0 Å². The minimum absolute atomic E-state index is 0.0978. The van der Waals surface area contributed by atoms with Gasteiger partial charge in [-0.1, -0.05) is 5.16 Å². The van der Waals surface area contributed by atoms with Crippen molar-refractivity contribution < 1.29 is 14.9 Å². The number of nitrogens with zero attached hydrogens (tertiary/aromatic N) is 5. The molecule has 0 radical (unpaired) electrons. The number of piperazine rings is 1. The van der Waals surface area contributed by atoms with E-state index >= 15 is 0 Å². The largest absolute Gasteiger partial charge is 0.409 e. The summed E-state index contributed by atoms with van der Waals surface area (Å²) in [5.74, 6) is 0.359. The SMILES string of the molecule is Nc1nonc1/C(=N/O)N1CCN(CCO)CC1. The molecule has 100 valence electrons. The van der Waals surface area contributed by atoms with Crippen LogP contribution in [0.2, 0.25) is 0 Å². The van der Waals surface area contributed by atoms with Crippen molar-refractivity contribution in [2.75, 3.05) is 45.1 Å². The van der Waals surface area contributed by atoms with Crippen LogP contribution in [-0.4, -0.2) is 75.6 Å². The number of nitrogens with two attached hydrogens (primary N) is 1. The zero-order chi connectivity index (χ0) is 13.0. The van der Waals surface area contributed by atoms with Crippen LogP contribution in [0, 0.1) is 0 Å². The summed E-state index contributed by atoms with van der Waals surface area (Å²) in [7, 11) is 0. The van der Waals surface area contributed by atoms with E-state index in [0.29, 0.717) is 19.6 Å². The van der Waals surface area contributed by atoms with Crippen molar-refractivity contribution in [2.45, 2.75) is 0 Å². The first-order valence-corrected chi connectivity index (χ1v) is 5.65. The topological polar surface area (TPSA) is 124 Å². The second-order valence-corrected chi connectivity index (χ2v) is 3.97. The molecule has 0 unspecified atom stereocenters. The summed E-state index contributed by atoms with van der Waals surface area (Å²) in [4.78, 5) is 3.97. The summed E-state index contributed by atoms with van der Waals surface area (Å²) in [6.45, 7) is 3.64. The Morgan fingerprint density at radius 3 is 2.56 bits per heavy atom. The fraction of sp³-hybridized carbons (Fsp3) is 0.667. The molecule has 0 aliphatic carbocycles. The van der Waals surface area contributed by atoms with Crippen LogP contribution in [0.4, 0.5) is 5.82 Å². The molecule has 0 spiro atoms. The van der Waals surface area contributed by atoms with Gasteiger partial charge in [0.1, 0.15) is 0 Å². The van der Waals surface area contributed by atoms with Crippen LogP contribution >= 0.6 is 0 Å². The van der Waals surface area contributed by atoms with Gasteiger partial charge < -0.3 is 20.9 Å². The third-order valence-corrected chi connectivity index (χ3v) is 2.91. The third-order valence-electron chi connectivity index (χ3n) is 2.91. The quantitative estimate of drug-likeness (QED) is 0.255. The minimum atomic E-state index is 0.0978. The van der Waals surface area contributed by atoms with Crippen molar-refractivity contribution >= 4 is 11.7 Å². The van der Waals surface area contributed by atoms with Crippen LogP contribution in [0.15, 0.2) is 9.78 Å². The summed E-state index contributed by atoms with van der Waals surface area (Å²) < 4.78 is 4.49. The highest BCUT2D eigenvalue weighted by Crippen LogP contribution is 2.12. The van der Waals surface area contributed by atoms with E-state index < -0.39 is 0 Å². The first-order chi connectivity index (χ1) is 8.76. The Bertz CT molecular complexity index is 412. The van der Waals surface area contributed by atoms with Gasteiger partial charge in [0.2, 0.25) is 5.84 Å². The van der Waals surface area contributed by atoms with Crippen molar-refractivity contribution in [1.82, 2.24) is 20.1 Å². The Labute approximate surface area is 103 Å². The van der Waals surface area contributed by atoms with Crippen LogP contribution in [0.3, 0.4) is 0 Å². The first kappa shape index (κ1) is 12.6. The van der Waals surface area contributed by atoms with E-state index in [9.17, 15) is 0 Å². The maximum absolute atomic E-state index is 9.07. The third kappa shape index (κ3) is 2.51. The number of aliphatic hydroxyl groups excluding tert-OH is 1. The number of aliphatic hydroxyl groups is 1. The van der Waals surface area contributed by atoms with Crippen molar-refractivity contribution in [1.29, 1.82) is 0 Å². The van der Waals surface area contributed by atoms with Gasteiger partial charge in [-0.15, -0.1) is 0 Å². The van der Waals surface area contributed by atoms with E-state index in [1.165, 1.54) is 0 Å². The Morgan fingerprint density at radius 2 is 2.06 bits per heavy atom. The van der Waals surface area contributed by atoms with Gasteiger partial charge in [-0.25, -0.2) is 4.63 Å². The van der Waals surface area contributed by atoms with E-state index in [2.05, 4.69) is 25.0 Å². The predicted octanol–water partition coefficient (Wildman–Crippen LogP) is -1.60. The summed E-state index contributed by atoms with van der Waals surface area (Å²) in [5.41, 5.74) is 5.81. The number of oxime groups is 1. The summed E-state index contributed by atoms with van der Waals surface area (Å²) in [6.07, 6.45) is 0. The molecule has 1 aromatic heterocycles. The lowest BCUT2D eigenvalue weighted by molar-refractivity contribution is 0.144. The highest BCUT2D eigenvalue weighted by atomic mass is 16.6. The molecule has 9 heteroatoms. The minimum Gasteiger partial charge on any atom is -0.409 e. The van der Waals surface area contributed by atoms with E-state index in [1.54, 1.807) is 0 Å². The molecule has 1 saturated heterocycles. The predicted molar refractivity (Wildman–Crippen MR) is 62.1 cm³/mol. The monoisotopic (exact) mass is 256 g/mol. The average molecular weight is 256 g/mol. The molecule has 0 saturated carbocycles. The normalized spacial score (nSPS) is 18.3. The first-order valence-electron chi connectivity index (χ1n) is 5.65. The molecule has 2 heterocycles. The fourth-order valence-electron chi connectivity index (χ4n) is 1.94. The molecule has 0 aromatic carbocycles. The van der Waals surface area contributed by atoms with E-state index in [-0.39, 0.29) is 24.0 Å². The Hall–Kier alpha value is -1.87. The molecule has 2 rings (SSSR count). The Morgan fingerprint density at radius 1 is 1.33 bits per heavy atom. The molecule has 0 atom stereocenters. The Kier molecular flexibility index (Phi) is 3.95. The van der Waals surface area contributed by atoms with Crippen LogP contribution < -0.4 is 5.73 Å². The molecule has 0 amide bonds. The van der Waals surface area contributed by atoms with Crippen molar-refractivity contribution in [3.8, 4) is 0 Å². The number of hydrogen-bond acceptors (Lipinski definition) is 8. The van der Waals surface area contributed by atoms with Crippen molar-refractivity contribution in [3.63, 3.8) is 0 Å². The maximum atomic E-state index is 9.07. The van der Waals surface area contributed by atoms with E-state index in [0.717, 1.165) is 13.1 Å². The second-order valence-electron chi connectivity index (χ2n) is 3.97. The molecule has 1 aliphatic rings. The average Bonchev–Trinajstić information content (AvgIpc) is 2.79. The standard InChI is InChI=1S/C9H16N6O3/c10-8-7(12-18-13-8)9(11-17)15-3-1-14(2-4-15)5-6-16/h16-17H,1-6H2,(H2,10,13)/b11-9-. The zero-order valence-electron chi connectivity index (χ0n) is 9.86. The van der Waals surface area contributed by atoms with Gasteiger partial charge in [0.15, 0.2) is 11.5 Å². The van der Waals surface area contributed by atoms with Crippen LogP contribution in [0.25, 0.3) is 0 Å². The lowest BCUT2D eigenvalue weighted by atomic mass is 10.2. The summed E-state index contributed by atoms with van der Waals surface area (Å²) in [5, 5.41) is 28.2. The van der Waals surface area contributed by atoms with Crippen LogP contribution in [-0.2, 0) is 0 Å².